The van der Waals surface area contributed by atoms with Crippen LogP contribution >= 0.6 is 0 Å². The summed E-state index contributed by atoms with van der Waals surface area (Å²) in [6.45, 7) is 0.941. The van der Waals surface area contributed by atoms with Gasteiger partial charge >= 0.3 is 0 Å². The summed E-state index contributed by atoms with van der Waals surface area (Å²) in [5.41, 5.74) is 1.72. The fourth-order valence-electron chi connectivity index (χ4n) is 3.86. The second kappa shape index (κ2) is 8.04. The summed E-state index contributed by atoms with van der Waals surface area (Å²) in [5.74, 6) is 1.76. The molecule has 158 valence electrons. The maximum atomic E-state index is 13.6. The molecule has 2 aromatic carbocycles. The highest BCUT2D eigenvalue weighted by Crippen LogP contribution is 2.39. The zero-order chi connectivity index (χ0) is 21.3. The maximum Gasteiger partial charge on any atom is 0.244 e. The first kappa shape index (κ1) is 20.3. The van der Waals surface area contributed by atoms with Gasteiger partial charge in [0.1, 0.15) is 5.75 Å². The van der Waals surface area contributed by atoms with Crippen LogP contribution in [0, 0.1) is 0 Å². The summed E-state index contributed by atoms with van der Waals surface area (Å²) in [6.07, 6.45) is 1.97. The van der Waals surface area contributed by atoms with Gasteiger partial charge in [0.25, 0.3) is 0 Å². The van der Waals surface area contributed by atoms with Gasteiger partial charge in [-0.25, -0.2) is 8.42 Å². The Kier molecular flexibility index (Phi) is 5.44. The molecule has 0 saturated heterocycles. The molecule has 0 aliphatic carbocycles. The number of aromatic nitrogens is 1. The zero-order valence-corrected chi connectivity index (χ0v) is 17.9. The van der Waals surface area contributed by atoms with Crippen molar-refractivity contribution in [2.24, 2.45) is 0 Å². The van der Waals surface area contributed by atoms with E-state index in [1.165, 1.54) is 0 Å². The number of sulfonamides is 1. The third-order valence-electron chi connectivity index (χ3n) is 5.38. The molecule has 0 N–H and O–H groups in total. The molecule has 0 saturated carbocycles. The Bertz CT molecular complexity index is 1140. The van der Waals surface area contributed by atoms with Gasteiger partial charge in [-0.3, -0.25) is 0 Å². The minimum Gasteiger partial charge on any atom is -0.497 e. The predicted molar refractivity (Wildman–Crippen MR) is 113 cm³/mol. The summed E-state index contributed by atoms with van der Waals surface area (Å²) in [6, 6.07) is 15.4. The molecule has 4 rings (SSSR count). The lowest BCUT2D eigenvalue weighted by atomic mass is 10.0. The van der Waals surface area contributed by atoms with Crippen LogP contribution in [0.1, 0.15) is 17.3 Å². The molecular weight excluding hydrogens is 404 g/mol. The normalized spacial score (nSPS) is 16.7. The van der Waals surface area contributed by atoms with Crippen LogP contribution in [0.2, 0.25) is 0 Å². The Morgan fingerprint density at radius 1 is 0.867 bits per heavy atom. The van der Waals surface area contributed by atoms with E-state index in [1.54, 1.807) is 56.0 Å². The molecule has 1 atom stereocenters. The van der Waals surface area contributed by atoms with Crippen molar-refractivity contribution in [1.82, 2.24) is 8.87 Å². The first-order valence-electron chi connectivity index (χ1n) is 9.52. The van der Waals surface area contributed by atoms with E-state index < -0.39 is 16.1 Å². The first-order chi connectivity index (χ1) is 14.5. The van der Waals surface area contributed by atoms with Gasteiger partial charge < -0.3 is 18.8 Å². The molecule has 7 nitrogen and oxygen atoms in total. The summed E-state index contributed by atoms with van der Waals surface area (Å²) in [7, 11) is 0.943. The number of benzene rings is 2. The van der Waals surface area contributed by atoms with Gasteiger partial charge in [-0.1, -0.05) is 6.07 Å². The van der Waals surface area contributed by atoms with Gasteiger partial charge in [-0.15, -0.1) is 0 Å². The highest BCUT2D eigenvalue weighted by molar-refractivity contribution is 7.89. The third kappa shape index (κ3) is 3.42. The fraction of sp³-hybridized carbons (Fsp3) is 0.273. The third-order valence-corrected chi connectivity index (χ3v) is 7.26. The molecule has 1 aliphatic rings. The maximum absolute atomic E-state index is 13.6. The minimum atomic E-state index is -3.75. The molecule has 1 aliphatic heterocycles. The van der Waals surface area contributed by atoms with Crippen LogP contribution in [0.15, 0.2) is 65.7 Å². The Labute approximate surface area is 176 Å². The fourth-order valence-corrected chi connectivity index (χ4v) is 5.44. The Hall–Kier alpha value is -2.97. The van der Waals surface area contributed by atoms with Gasteiger partial charge in [0.05, 0.1) is 32.3 Å². The molecule has 0 spiro atoms. The average molecular weight is 429 g/mol. The van der Waals surface area contributed by atoms with Crippen LogP contribution in [0.3, 0.4) is 0 Å². The molecule has 3 aromatic rings. The van der Waals surface area contributed by atoms with Crippen molar-refractivity contribution in [3.8, 4) is 17.2 Å². The number of hydrogen-bond donors (Lipinski definition) is 0. The van der Waals surface area contributed by atoms with Crippen LogP contribution in [-0.4, -0.2) is 45.2 Å². The van der Waals surface area contributed by atoms with Crippen LogP contribution in [-0.2, 0) is 16.6 Å². The quantitative estimate of drug-likeness (QED) is 0.603. The van der Waals surface area contributed by atoms with Crippen LogP contribution in [0.5, 0.6) is 17.2 Å². The van der Waals surface area contributed by atoms with E-state index in [2.05, 4.69) is 4.57 Å². The molecule has 0 bridgehead atoms. The van der Waals surface area contributed by atoms with E-state index in [0.29, 0.717) is 30.3 Å². The van der Waals surface area contributed by atoms with Crippen molar-refractivity contribution in [1.29, 1.82) is 0 Å². The molecule has 0 amide bonds. The number of methoxy groups -OCH3 is 3. The lowest BCUT2D eigenvalue weighted by Crippen LogP contribution is -2.42. The lowest BCUT2D eigenvalue weighted by Gasteiger charge is -2.36. The van der Waals surface area contributed by atoms with E-state index in [1.807, 2.05) is 30.5 Å². The number of hydrogen-bond acceptors (Lipinski definition) is 5. The molecule has 0 unspecified atom stereocenters. The van der Waals surface area contributed by atoms with Crippen molar-refractivity contribution < 1.29 is 22.6 Å². The van der Waals surface area contributed by atoms with Gasteiger partial charge in [-0.2, -0.15) is 4.31 Å². The Balaban J connectivity index is 1.82. The summed E-state index contributed by atoms with van der Waals surface area (Å²) < 4.78 is 46.8. The minimum absolute atomic E-state index is 0.230. The topological polar surface area (TPSA) is 70.0 Å². The van der Waals surface area contributed by atoms with E-state index in [4.69, 9.17) is 14.2 Å². The first-order valence-corrected chi connectivity index (χ1v) is 11.0. The van der Waals surface area contributed by atoms with E-state index >= 15 is 0 Å². The lowest BCUT2D eigenvalue weighted by molar-refractivity contribution is 0.296. The molecule has 8 heteroatoms. The monoisotopic (exact) mass is 428 g/mol. The number of rotatable bonds is 6. The van der Waals surface area contributed by atoms with Gasteiger partial charge in [-0.05, 0) is 54.1 Å². The van der Waals surface area contributed by atoms with Crippen LogP contribution in [0.4, 0.5) is 0 Å². The smallest absolute Gasteiger partial charge is 0.244 e. The van der Waals surface area contributed by atoms with Crippen molar-refractivity contribution >= 4 is 10.0 Å². The number of nitrogens with zero attached hydrogens (tertiary/aromatic N) is 2. The Morgan fingerprint density at radius 3 is 2.27 bits per heavy atom. The average Bonchev–Trinajstić information content (AvgIpc) is 3.27. The van der Waals surface area contributed by atoms with Crippen molar-refractivity contribution in [3.05, 3.63) is 72.1 Å². The van der Waals surface area contributed by atoms with Crippen molar-refractivity contribution in [2.75, 3.05) is 27.9 Å². The highest BCUT2D eigenvalue weighted by Gasteiger charge is 2.38. The van der Waals surface area contributed by atoms with Gasteiger partial charge in [0.2, 0.25) is 10.0 Å². The Morgan fingerprint density at radius 2 is 1.60 bits per heavy atom. The summed E-state index contributed by atoms with van der Waals surface area (Å²) in [5, 5.41) is 0. The molecular formula is C22H24N2O5S. The van der Waals surface area contributed by atoms with E-state index in [0.717, 1.165) is 11.3 Å². The number of fused-ring (bicyclic) bond motifs is 1. The molecule has 1 aromatic heterocycles. The molecule has 0 radical (unpaired) electrons. The standard InChI is InChI=1S/C22H24N2O5S/c1-27-17-7-9-18(10-8-17)30(25,26)24-14-13-23-12-4-5-19(23)22(24)16-6-11-20(28-2)21(15-16)29-3/h4-12,15,22H,13-14H2,1-3H3/t22-/m0/s1. The van der Waals surface area contributed by atoms with Crippen LogP contribution in [0.25, 0.3) is 0 Å². The van der Waals surface area contributed by atoms with Crippen molar-refractivity contribution in [3.63, 3.8) is 0 Å². The molecule has 0 fully saturated rings. The van der Waals surface area contributed by atoms with E-state index in [9.17, 15) is 8.42 Å². The van der Waals surface area contributed by atoms with Gasteiger partial charge in [0, 0.05) is 25.0 Å². The molecule has 2 heterocycles. The zero-order valence-electron chi connectivity index (χ0n) is 17.1. The molecule has 30 heavy (non-hydrogen) atoms. The second-order valence-corrected chi connectivity index (χ2v) is 8.83. The predicted octanol–water partition coefficient (Wildman–Crippen LogP) is 3.31. The second-order valence-electron chi connectivity index (χ2n) is 6.93. The summed E-state index contributed by atoms with van der Waals surface area (Å²) in [4.78, 5) is 0.230. The van der Waals surface area contributed by atoms with Crippen LogP contribution < -0.4 is 14.2 Å². The highest BCUT2D eigenvalue weighted by atomic mass is 32.2. The van der Waals surface area contributed by atoms with E-state index in [-0.39, 0.29) is 4.90 Å². The number of ether oxygens (including phenoxy) is 3. The van der Waals surface area contributed by atoms with Crippen molar-refractivity contribution in [2.45, 2.75) is 17.5 Å². The largest absolute Gasteiger partial charge is 0.497 e. The summed E-state index contributed by atoms with van der Waals surface area (Å²) >= 11 is 0. The SMILES string of the molecule is COc1ccc(S(=O)(=O)N2CCn3cccc3[C@@H]2c2ccc(OC)c(OC)c2)cc1. The van der Waals surface area contributed by atoms with Gasteiger partial charge in [0.15, 0.2) is 11.5 Å².